The third-order valence-corrected chi connectivity index (χ3v) is 2.26. The maximum absolute atomic E-state index is 10.7. The van der Waals surface area contributed by atoms with Crippen LogP contribution in [0, 0.1) is 19.8 Å². The van der Waals surface area contributed by atoms with Crippen LogP contribution in [0.4, 0.5) is 0 Å². The summed E-state index contributed by atoms with van der Waals surface area (Å²) in [6.45, 7) is 16.0. The molecule has 8 heteroatoms. The Bertz CT molecular complexity index is 495. The summed E-state index contributed by atoms with van der Waals surface area (Å²) in [6.07, 6.45) is 0.461. The predicted octanol–water partition coefficient (Wildman–Crippen LogP) is -0.968. The number of hydrogen-bond acceptors (Lipinski definition) is 5. The molecule has 0 aliphatic heterocycles. The zero-order chi connectivity index (χ0) is 22.4. The summed E-state index contributed by atoms with van der Waals surface area (Å²) >= 11 is 0. The maximum Gasteiger partial charge on any atom is 1.00 e. The number of aryl methyl sites for hydroxylation is 1. The third-order valence-electron chi connectivity index (χ3n) is 2.26. The van der Waals surface area contributed by atoms with Gasteiger partial charge in [0.1, 0.15) is 0 Å². The Morgan fingerprint density at radius 2 is 1.52 bits per heavy atom. The molecule has 1 aromatic rings. The summed E-state index contributed by atoms with van der Waals surface area (Å²) in [5.41, 5.74) is 6.32. The second kappa shape index (κ2) is 27.3. The van der Waals surface area contributed by atoms with Crippen molar-refractivity contribution >= 4 is 18.1 Å². The molecule has 0 atom stereocenters. The molecule has 0 aliphatic carbocycles. The van der Waals surface area contributed by atoms with Crippen LogP contribution in [-0.4, -0.2) is 44.3 Å². The molecule has 0 saturated carbocycles. The SMILES string of the molecule is CC(C)C.CNNC(=O)CNC(C)C.Cc1ccccc1.[CH2-]C(=O)CNC=O.[K+]. The largest absolute Gasteiger partial charge is 1.00 e. The minimum absolute atomic E-state index is 0. The number of hydrogen-bond donors (Lipinski definition) is 4. The summed E-state index contributed by atoms with van der Waals surface area (Å²) in [7, 11) is 1.66. The molecule has 0 heterocycles. The number of benzene rings is 1. The van der Waals surface area contributed by atoms with Crippen LogP contribution < -0.4 is 72.9 Å². The molecular weight excluding hydrogens is 395 g/mol. The molecule has 1 aromatic carbocycles. The molecule has 4 N–H and O–H groups in total. The van der Waals surface area contributed by atoms with E-state index in [9.17, 15) is 14.4 Å². The second-order valence-electron chi connectivity index (χ2n) is 6.76. The molecule has 162 valence electrons. The molecule has 0 aromatic heterocycles. The number of hydrazine groups is 1. The van der Waals surface area contributed by atoms with E-state index in [4.69, 9.17) is 0 Å². The van der Waals surface area contributed by atoms with Crippen molar-refractivity contribution in [2.24, 2.45) is 5.92 Å². The van der Waals surface area contributed by atoms with Gasteiger partial charge in [-0.25, -0.2) is 5.43 Å². The van der Waals surface area contributed by atoms with Gasteiger partial charge in [0.15, 0.2) is 0 Å². The molecule has 7 nitrogen and oxygen atoms in total. The molecule has 29 heavy (non-hydrogen) atoms. The quantitative estimate of drug-likeness (QED) is 0.192. The molecule has 0 spiro atoms. The Balaban J connectivity index is -0.000000148. The molecule has 0 fully saturated rings. The average Bonchev–Trinajstić information content (AvgIpc) is 2.60. The van der Waals surface area contributed by atoms with Gasteiger partial charge in [0.25, 0.3) is 0 Å². The van der Waals surface area contributed by atoms with E-state index in [1.807, 2.05) is 32.0 Å². The molecule has 0 bridgehead atoms. The van der Waals surface area contributed by atoms with Crippen LogP contribution >= 0.6 is 0 Å². The number of amides is 2. The van der Waals surface area contributed by atoms with Crippen molar-refractivity contribution in [3.63, 3.8) is 0 Å². The van der Waals surface area contributed by atoms with Gasteiger partial charge < -0.3 is 22.4 Å². The number of nitrogens with one attached hydrogen (secondary N) is 4. The summed E-state index contributed by atoms with van der Waals surface area (Å²) in [4.78, 5) is 30.0. The Morgan fingerprint density at radius 3 is 1.76 bits per heavy atom. The van der Waals surface area contributed by atoms with E-state index in [1.165, 1.54) is 5.56 Å². The fourth-order valence-corrected chi connectivity index (χ4v) is 1.17. The zero-order valence-electron chi connectivity index (χ0n) is 19.5. The molecule has 2 amide bonds. The number of carbonyl (C=O) groups is 3. The van der Waals surface area contributed by atoms with Crippen molar-refractivity contribution < 1.29 is 65.8 Å². The van der Waals surface area contributed by atoms with E-state index in [1.54, 1.807) is 7.05 Å². The van der Waals surface area contributed by atoms with Gasteiger partial charge in [-0.15, -0.1) is 0 Å². The fourth-order valence-electron chi connectivity index (χ4n) is 1.17. The van der Waals surface area contributed by atoms with Gasteiger partial charge in [-0.05, 0) is 12.8 Å². The molecule has 0 radical (unpaired) electrons. The normalized spacial score (nSPS) is 8.59. The summed E-state index contributed by atoms with van der Waals surface area (Å²) in [5.74, 6) is 0.503. The minimum atomic E-state index is -0.285. The topological polar surface area (TPSA) is 99.3 Å². The number of ketones is 1. The van der Waals surface area contributed by atoms with Gasteiger partial charge in [0.2, 0.25) is 12.3 Å². The van der Waals surface area contributed by atoms with Crippen molar-refractivity contribution in [3.05, 3.63) is 42.8 Å². The van der Waals surface area contributed by atoms with Crippen molar-refractivity contribution in [1.82, 2.24) is 21.5 Å². The first-order valence-corrected chi connectivity index (χ1v) is 9.29. The van der Waals surface area contributed by atoms with Crippen molar-refractivity contribution in [3.8, 4) is 0 Å². The van der Waals surface area contributed by atoms with Crippen LogP contribution in [0.3, 0.4) is 0 Å². The van der Waals surface area contributed by atoms with Crippen molar-refractivity contribution in [1.29, 1.82) is 0 Å². The van der Waals surface area contributed by atoms with E-state index in [2.05, 4.69) is 68.2 Å². The van der Waals surface area contributed by atoms with Crippen LogP contribution in [0.15, 0.2) is 30.3 Å². The van der Waals surface area contributed by atoms with Crippen molar-refractivity contribution in [2.75, 3.05) is 20.1 Å². The summed E-state index contributed by atoms with van der Waals surface area (Å²) < 4.78 is 0. The average molecular weight is 435 g/mol. The zero-order valence-corrected chi connectivity index (χ0v) is 22.6. The second-order valence-corrected chi connectivity index (χ2v) is 6.76. The maximum atomic E-state index is 10.7. The third kappa shape index (κ3) is 46.9. The molecular formula is C21H39KN4O3. The van der Waals surface area contributed by atoms with Crippen LogP contribution in [0.2, 0.25) is 0 Å². The number of rotatable bonds is 7. The summed E-state index contributed by atoms with van der Waals surface area (Å²) in [6, 6.07) is 10.6. The molecule has 0 saturated heterocycles. The Hall–Kier alpha value is -0.744. The Morgan fingerprint density at radius 1 is 1.03 bits per heavy atom. The smallest absolute Gasteiger partial charge is 0.354 e. The first kappa shape index (κ1) is 35.7. The summed E-state index contributed by atoms with van der Waals surface area (Å²) in [5, 5.41) is 5.13. The van der Waals surface area contributed by atoms with E-state index in [0.717, 1.165) is 5.92 Å². The van der Waals surface area contributed by atoms with Crippen LogP contribution in [0.1, 0.15) is 40.2 Å². The van der Waals surface area contributed by atoms with Crippen LogP contribution in [-0.2, 0) is 14.4 Å². The first-order chi connectivity index (χ1) is 13.1. The Labute approximate surface area is 219 Å². The van der Waals surface area contributed by atoms with Crippen LogP contribution in [0.5, 0.6) is 0 Å². The van der Waals surface area contributed by atoms with Gasteiger partial charge >= 0.3 is 51.4 Å². The number of carbonyl (C=O) groups excluding carboxylic acids is 3. The van der Waals surface area contributed by atoms with Gasteiger partial charge in [0, 0.05) is 25.4 Å². The van der Waals surface area contributed by atoms with Gasteiger partial charge in [-0.2, -0.15) is 0 Å². The van der Waals surface area contributed by atoms with Crippen molar-refractivity contribution in [2.45, 2.75) is 47.6 Å². The van der Waals surface area contributed by atoms with Gasteiger partial charge in [-0.1, -0.05) is 70.5 Å². The number of Topliss-reactive ketones (excluding diaryl/α,β-unsaturated/α-hetero) is 1. The molecule has 0 aliphatic rings. The molecule has 1 rings (SSSR count). The van der Waals surface area contributed by atoms with Crippen LogP contribution in [0.25, 0.3) is 0 Å². The van der Waals surface area contributed by atoms with E-state index < -0.39 is 0 Å². The monoisotopic (exact) mass is 434 g/mol. The predicted molar refractivity (Wildman–Crippen MR) is 116 cm³/mol. The van der Waals surface area contributed by atoms with Gasteiger partial charge in [0.05, 0.1) is 6.54 Å². The van der Waals surface area contributed by atoms with Gasteiger partial charge in [-0.3, -0.25) is 15.0 Å². The minimum Gasteiger partial charge on any atom is -0.354 e. The standard InChI is InChI=1S/C7H8.C6H15N3O.C4H6NO2.C4H10.K/c1-7-5-3-2-4-6-7;1-5(2)8-4-6(10)9-7-3;1-4(7)2-5-3-6;1-4(2)3;/h2-6H,1H3;5,7-8H,4H2,1-3H3,(H,9,10);3H,1-2H2,(H,5,6);4H,1-3H3;/q;;-1;;+1. The van der Waals surface area contributed by atoms with E-state index in [0.29, 0.717) is 19.0 Å². The molecule has 0 unspecified atom stereocenters. The van der Waals surface area contributed by atoms with E-state index >= 15 is 0 Å². The fraction of sp³-hybridized carbons (Fsp3) is 0.524. The first-order valence-electron chi connectivity index (χ1n) is 9.29. The Kier molecular flexibility index (Phi) is 33.5. The van der Waals surface area contributed by atoms with E-state index in [-0.39, 0.29) is 69.6 Å².